The maximum absolute atomic E-state index is 2.51. The van der Waals surface area contributed by atoms with Crippen LogP contribution in [0.5, 0.6) is 0 Å². The van der Waals surface area contributed by atoms with Crippen molar-refractivity contribution in [1.29, 1.82) is 0 Å². The van der Waals surface area contributed by atoms with Gasteiger partial charge < -0.3 is 9.80 Å². The third-order valence-corrected chi connectivity index (χ3v) is 2.83. The fourth-order valence-corrected chi connectivity index (χ4v) is 2.03. The van der Waals surface area contributed by atoms with E-state index >= 15 is 0 Å². The summed E-state index contributed by atoms with van der Waals surface area (Å²) in [5, 5.41) is 0. The molecule has 0 radical (unpaired) electrons. The van der Waals surface area contributed by atoms with Crippen molar-refractivity contribution in [1.82, 2.24) is 9.80 Å². The van der Waals surface area contributed by atoms with E-state index in [-0.39, 0.29) is 0 Å². The van der Waals surface area contributed by atoms with Crippen molar-refractivity contribution >= 4 is 0 Å². The highest BCUT2D eigenvalue weighted by molar-refractivity contribution is 4.82. The van der Waals surface area contributed by atoms with E-state index in [9.17, 15) is 0 Å². The Morgan fingerprint density at radius 1 is 1.15 bits per heavy atom. The molecule has 2 nitrogen and oxygen atoms in total. The molecule has 1 aliphatic heterocycles. The third-order valence-electron chi connectivity index (χ3n) is 2.83. The van der Waals surface area contributed by atoms with Crippen LogP contribution in [-0.2, 0) is 0 Å². The lowest BCUT2D eigenvalue weighted by Crippen LogP contribution is -2.51. The van der Waals surface area contributed by atoms with Gasteiger partial charge in [0.25, 0.3) is 0 Å². The van der Waals surface area contributed by atoms with Crippen molar-refractivity contribution < 1.29 is 0 Å². The van der Waals surface area contributed by atoms with Crippen LogP contribution in [0.15, 0.2) is 0 Å². The van der Waals surface area contributed by atoms with Crippen LogP contribution in [0.4, 0.5) is 0 Å². The summed E-state index contributed by atoms with van der Waals surface area (Å²) < 4.78 is 0. The lowest BCUT2D eigenvalue weighted by atomic mass is 9.87. The Kier molecular flexibility index (Phi) is 3.36. The summed E-state index contributed by atoms with van der Waals surface area (Å²) in [4.78, 5) is 4.95. The van der Waals surface area contributed by atoms with Crippen LogP contribution in [-0.4, -0.2) is 49.6 Å². The summed E-state index contributed by atoms with van der Waals surface area (Å²) in [7, 11) is 4.48. The fraction of sp³-hybridized carbons (Fsp3) is 1.00. The summed E-state index contributed by atoms with van der Waals surface area (Å²) in [6.45, 7) is 10.7. The van der Waals surface area contributed by atoms with Gasteiger partial charge in [-0.2, -0.15) is 0 Å². The Balaban J connectivity index is 2.47. The molecule has 0 saturated carbocycles. The van der Waals surface area contributed by atoms with Crippen molar-refractivity contribution in [3.8, 4) is 0 Å². The summed E-state index contributed by atoms with van der Waals surface area (Å²) in [6, 6.07) is 0.749. The highest BCUT2D eigenvalue weighted by Gasteiger charge is 2.26. The van der Waals surface area contributed by atoms with E-state index in [0.717, 1.165) is 6.04 Å². The van der Waals surface area contributed by atoms with Gasteiger partial charge >= 0.3 is 0 Å². The molecule has 1 unspecified atom stereocenters. The van der Waals surface area contributed by atoms with Crippen molar-refractivity contribution in [2.45, 2.75) is 33.2 Å². The SMILES string of the molecule is CN1CCN(C)C(CC(C)(C)C)C1. The highest BCUT2D eigenvalue weighted by atomic mass is 15.3. The van der Waals surface area contributed by atoms with Crippen molar-refractivity contribution in [2.24, 2.45) is 5.41 Å². The maximum atomic E-state index is 2.51. The van der Waals surface area contributed by atoms with Gasteiger partial charge in [0, 0.05) is 25.7 Å². The van der Waals surface area contributed by atoms with Gasteiger partial charge in [-0.1, -0.05) is 20.8 Å². The Morgan fingerprint density at radius 2 is 1.77 bits per heavy atom. The van der Waals surface area contributed by atoms with Crippen LogP contribution in [0.1, 0.15) is 27.2 Å². The zero-order valence-electron chi connectivity index (χ0n) is 9.80. The van der Waals surface area contributed by atoms with Crippen LogP contribution < -0.4 is 0 Å². The highest BCUT2D eigenvalue weighted by Crippen LogP contribution is 2.24. The molecule has 1 heterocycles. The average molecular weight is 184 g/mol. The van der Waals surface area contributed by atoms with Gasteiger partial charge in [-0.3, -0.25) is 0 Å². The summed E-state index contributed by atoms with van der Waals surface area (Å²) >= 11 is 0. The van der Waals surface area contributed by atoms with Gasteiger partial charge in [0.05, 0.1) is 0 Å². The molecule has 1 atom stereocenters. The molecule has 1 rings (SSSR count). The minimum absolute atomic E-state index is 0.455. The first-order chi connectivity index (χ1) is 5.88. The zero-order chi connectivity index (χ0) is 10.1. The van der Waals surface area contributed by atoms with Gasteiger partial charge in [-0.25, -0.2) is 0 Å². The van der Waals surface area contributed by atoms with Crippen molar-refractivity contribution in [3.05, 3.63) is 0 Å². The van der Waals surface area contributed by atoms with Gasteiger partial charge in [0.1, 0.15) is 0 Å². The zero-order valence-corrected chi connectivity index (χ0v) is 9.80. The number of hydrogen-bond donors (Lipinski definition) is 0. The molecule has 0 aromatic carbocycles. The summed E-state index contributed by atoms with van der Waals surface area (Å²) in [6.07, 6.45) is 1.30. The van der Waals surface area contributed by atoms with E-state index in [1.807, 2.05) is 0 Å². The molecule has 1 aliphatic rings. The molecule has 0 spiro atoms. The molecule has 0 aromatic heterocycles. The normalized spacial score (nSPS) is 27.9. The Morgan fingerprint density at radius 3 is 2.31 bits per heavy atom. The molecule has 78 valence electrons. The second-order valence-corrected chi connectivity index (χ2v) is 5.66. The van der Waals surface area contributed by atoms with Crippen molar-refractivity contribution in [3.63, 3.8) is 0 Å². The monoisotopic (exact) mass is 184 g/mol. The smallest absolute Gasteiger partial charge is 0.0225 e. The molecular weight excluding hydrogens is 160 g/mol. The van der Waals surface area contributed by atoms with Crippen LogP contribution in [0.25, 0.3) is 0 Å². The minimum atomic E-state index is 0.455. The largest absolute Gasteiger partial charge is 0.304 e. The number of nitrogens with zero attached hydrogens (tertiary/aromatic N) is 2. The number of piperazine rings is 1. The quantitative estimate of drug-likeness (QED) is 0.611. The molecule has 0 aromatic rings. The minimum Gasteiger partial charge on any atom is -0.304 e. The van der Waals surface area contributed by atoms with Gasteiger partial charge in [-0.15, -0.1) is 0 Å². The van der Waals surface area contributed by atoms with Crippen LogP contribution in [0.3, 0.4) is 0 Å². The van der Waals surface area contributed by atoms with Crippen LogP contribution in [0, 0.1) is 5.41 Å². The standard InChI is InChI=1S/C11H24N2/c1-11(2,3)8-10-9-12(4)6-7-13(10)5/h10H,6-9H2,1-5H3. The molecule has 0 bridgehead atoms. The van der Waals surface area contributed by atoms with E-state index in [0.29, 0.717) is 5.41 Å². The molecule has 1 saturated heterocycles. The van der Waals surface area contributed by atoms with E-state index in [1.165, 1.54) is 26.1 Å². The predicted octanol–water partition coefficient (Wildman–Crippen LogP) is 1.67. The van der Waals surface area contributed by atoms with Crippen LogP contribution >= 0.6 is 0 Å². The first-order valence-corrected chi connectivity index (χ1v) is 5.27. The summed E-state index contributed by atoms with van der Waals surface area (Å²) in [5.41, 5.74) is 0.455. The Labute approximate surface area is 82.9 Å². The molecular formula is C11H24N2. The second kappa shape index (κ2) is 3.97. The molecule has 0 aliphatic carbocycles. The fourth-order valence-electron chi connectivity index (χ4n) is 2.03. The molecule has 1 fully saturated rings. The van der Waals surface area contributed by atoms with Gasteiger partial charge in [0.15, 0.2) is 0 Å². The van der Waals surface area contributed by atoms with Crippen molar-refractivity contribution in [2.75, 3.05) is 33.7 Å². The molecule has 2 heteroatoms. The number of rotatable bonds is 1. The maximum Gasteiger partial charge on any atom is 0.0225 e. The third kappa shape index (κ3) is 3.65. The van der Waals surface area contributed by atoms with E-state index in [4.69, 9.17) is 0 Å². The van der Waals surface area contributed by atoms with Gasteiger partial charge in [0.2, 0.25) is 0 Å². The number of hydrogen-bond acceptors (Lipinski definition) is 2. The lowest BCUT2D eigenvalue weighted by Gasteiger charge is -2.40. The number of likely N-dealkylation sites (N-methyl/N-ethyl adjacent to an activating group) is 2. The molecule has 0 amide bonds. The Bertz CT molecular complexity index is 160. The van der Waals surface area contributed by atoms with Gasteiger partial charge in [-0.05, 0) is 25.9 Å². The second-order valence-electron chi connectivity index (χ2n) is 5.66. The van der Waals surface area contributed by atoms with Crippen LogP contribution in [0.2, 0.25) is 0 Å². The lowest BCUT2D eigenvalue weighted by molar-refractivity contribution is 0.0854. The predicted molar refractivity (Wildman–Crippen MR) is 58.0 cm³/mol. The first-order valence-electron chi connectivity index (χ1n) is 5.27. The summed E-state index contributed by atoms with van der Waals surface area (Å²) in [5.74, 6) is 0. The van der Waals surface area contributed by atoms with E-state index < -0.39 is 0 Å². The van der Waals surface area contributed by atoms with E-state index in [1.54, 1.807) is 0 Å². The average Bonchev–Trinajstić information content (AvgIpc) is 1.94. The first kappa shape index (κ1) is 11.0. The molecule has 13 heavy (non-hydrogen) atoms. The Hall–Kier alpha value is -0.0800. The van der Waals surface area contributed by atoms with E-state index in [2.05, 4.69) is 44.7 Å². The molecule has 0 N–H and O–H groups in total. The topological polar surface area (TPSA) is 6.48 Å².